The van der Waals surface area contributed by atoms with Crippen LogP contribution in [0, 0.1) is 5.82 Å². The zero-order valence-electron chi connectivity index (χ0n) is 18.1. The van der Waals surface area contributed by atoms with E-state index in [0.29, 0.717) is 37.9 Å². The van der Waals surface area contributed by atoms with Crippen molar-refractivity contribution in [3.05, 3.63) is 54.1 Å². The minimum atomic E-state index is -0.369. The summed E-state index contributed by atoms with van der Waals surface area (Å²) in [4.78, 5) is 29.7. The topological polar surface area (TPSA) is 63.2 Å². The zero-order chi connectivity index (χ0) is 21.8. The van der Waals surface area contributed by atoms with Crippen molar-refractivity contribution >= 4 is 17.5 Å². The van der Waals surface area contributed by atoms with Crippen LogP contribution in [-0.2, 0) is 16.6 Å². The first-order valence-corrected chi connectivity index (χ1v) is 11.1. The van der Waals surface area contributed by atoms with E-state index in [-0.39, 0.29) is 17.6 Å². The molecular weight excluding hydrogens is 397 g/mol. The summed E-state index contributed by atoms with van der Waals surface area (Å²) in [6.07, 6.45) is 4.34. The number of halogens is 1. The molecule has 0 spiro atoms. The second kappa shape index (κ2) is 9.62. The molecule has 2 fully saturated rings. The number of aryl methyl sites for hydroxylation is 1. The normalized spacial score (nSPS) is 21.9. The molecule has 8 heteroatoms. The van der Waals surface area contributed by atoms with E-state index in [1.54, 1.807) is 12.1 Å². The number of anilines is 1. The number of carbonyl (C=O) groups is 2. The third kappa shape index (κ3) is 5.32. The minimum Gasteiger partial charge on any atom is -0.350 e. The molecule has 0 radical (unpaired) electrons. The van der Waals surface area contributed by atoms with Crippen LogP contribution in [-0.4, -0.2) is 67.1 Å². The van der Waals surface area contributed by atoms with Gasteiger partial charge in [-0.2, -0.15) is 0 Å². The van der Waals surface area contributed by atoms with Crippen molar-refractivity contribution in [3.8, 4) is 0 Å². The molecule has 2 aliphatic heterocycles. The van der Waals surface area contributed by atoms with Crippen molar-refractivity contribution < 1.29 is 23.8 Å². The van der Waals surface area contributed by atoms with E-state index < -0.39 is 0 Å². The summed E-state index contributed by atoms with van der Waals surface area (Å²) in [5.74, 6) is -0.293. The van der Waals surface area contributed by atoms with Crippen molar-refractivity contribution in [2.75, 3.05) is 51.1 Å². The van der Waals surface area contributed by atoms with E-state index in [0.717, 1.165) is 37.4 Å². The first-order chi connectivity index (χ1) is 15.0. The number of nitrogens with zero attached hydrogens (tertiary/aromatic N) is 2. The molecule has 166 valence electrons. The number of piperazine rings is 1. The van der Waals surface area contributed by atoms with Gasteiger partial charge in [-0.3, -0.25) is 9.59 Å². The van der Waals surface area contributed by atoms with Gasteiger partial charge in [0, 0.05) is 31.8 Å². The number of hydrogen-bond acceptors (Lipinski definition) is 2. The molecule has 7 nitrogen and oxygen atoms in total. The van der Waals surface area contributed by atoms with Gasteiger partial charge < -0.3 is 24.6 Å². The van der Waals surface area contributed by atoms with Gasteiger partial charge in [-0.15, -0.1) is 0 Å². The summed E-state index contributed by atoms with van der Waals surface area (Å²) in [6, 6.07) is 10.5. The average Bonchev–Trinajstić information content (AvgIpc) is 3.36. The summed E-state index contributed by atoms with van der Waals surface area (Å²) in [5.41, 5.74) is 1.78. The number of amides is 2. The van der Waals surface area contributed by atoms with Crippen LogP contribution >= 0.6 is 0 Å². The van der Waals surface area contributed by atoms with Gasteiger partial charge in [0.05, 0.1) is 38.4 Å². The fourth-order valence-electron chi connectivity index (χ4n) is 4.87. The Morgan fingerprint density at radius 1 is 1.13 bits per heavy atom. The molecule has 2 atom stereocenters. The second-order valence-electron chi connectivity index (χ2n) is 8.69. The Balaban J connectivity index is 1.23. The lowest BCUT2D eigenvalue weighted by Crippen LogP contribution is -3.16. The first kappa shape index (κ1) is 21.5. The Morgan fingerprint density at radius 3 is 2.65 bits per heavy atom. The van der Waals surface area contributed by atoms with Crippen LogP contribution in [0.1, 0.15) is 24.6 Å². The summed E-state index contributed by atoms with van der Waals surface area (Å²) in [7, 11) is 2.07. The lowest BCUT2D eigenvalue weighted by molar-refractivity contribution is -0.911. The molecule has 4 rings (SSSR count). The highest BCUT2D eigenvalue weighted by Gasteiger charge is 2.35. The van der Waals surface area contributed by atoms with Gasteiger partial charge in [0.2, 0.25) is 0 Å². The molecule has 3 N–H and O–H groups in total. The van der Waals surface area contributed by atoms with E-state index in [1.165, 1.54) is 22.7 Å². The molecule has 2 saturated heterocycles. The maximum atomic E-state index is 13.3. The lowest BCUT2D eigenvalue weighted by atomic mass is 10.1. The number of hydrogen-bond donors (Lipinski definition) is 3. The van der Waals surface area contributed by atoms with Crippen molar-refractivity contribution in [3.63, 3.8) is 0 Å². The third-order valence-corrected chi connectivity index (χ3v) is 6.54. The van der Waals surface area contributed by atoms with Gasteiger partial charge in [0.25, 0.3) is 11.8 Å². The predicted octanol–water partition coefficient (Wildman–Crippen LogP) is -0.750. The van der Waals surface area contributed by atoms with Crippen LogP contribution in [0.5, 0.6) is 0 Å². The van der Waals surface area contributed by atoms with E-state index >= 15 is 0 Å². The quantitative estimate of drug-likeness (QED) is 0.566. The molecule has 31 heavy (non-hydrogen) atoms. The standard InChI is InChI=1S/C23H30FN5O2/c1-26-9-3-7-20(26)21-8-4-10-29(21)17-23(31)28-13-11-27(12-14-28)16-22(30)25-19-6-2-5-18(24)15-19/h2-3,5-7,9,15,21H,4,8,10-14,16-17H2,1H3,(H,25,30)/p+2/t21-/m0/s1. The van der Waals surface area contributed by atoms with E-state index in [2.05, 4.69) is 35.3 Å². The van der Waals surface area contributed by atoms with E-state index in [4.69, 9.17) is 0 Å². The number of nitrogens with one attached hydrogen (secondary N) is 3. The Hall–Kier alpha value is -2.71. The largest absolute Gasteiger partial charge is 0.350 e. The van der Waals surface area contributed by atoms with Crippen molar-refractivity contribution in [1.29, 1.82) is 0 Å². The predicted molar refractivity (Wildman–Crippen MR) is 115 cm³/mol. The van der Waals surface area contributed by atoms with Crippen LogP contribution in [0.3, 0.4) is 0 Å². The Bertz CT molecular complexity index is 922. The Morgan fingerprint density at radius 2 is 1.94 bits per heavy atom. The minimum absolute atomic E-state index is 0.132. The molecule has 3 heterocycles. The van der Waals surface area contributed by atoms with Gasteiger partial charge in [-0.05, 0) is 30.3 Å². The van der Waals surface area contributed by atoms with Gasteiger partial charge in [0.1, 0.15) is 11.9 Å². The number of rotatable bonds is 6. The SMILES string of the molecule is Cn1cccc1[C@@H]1CCC[NH+]1CC(=O)N1CC[NH+](CC(=O)Nc2cccc(F)c2)CC1. The fraction of sp³-hybridized carbons (Fsp3) is 0.478. The highest BCUT2D eigenvalue weighted by atomic mass is 19.1. The summed E-state index contributed by atoms with van der Waals surface area (Å²) in [5, 5.41) is 2.75. The first-order valence-electron chi connectivity index (χ1n) is 11.1. The van der Waals surface area contributed by atoms with Crippen molar-refractivity contribution in [2.24, 2.45) is 7.05 Å². The fourth-order valence-corrected chi connectivity index (χ4v) is 4.87. The summed E-state index contributed by atoms with van der Waals surface area (Å²) < 4.78 is 15.4. The van der Waals surface area contributed by atoms with E-state index in [9.17, 15) is 14.0 Å². The molecule has 0 saturated carbocycles. The smallest absolute Gasteiger partial charge is 0.279 e. The van der Waals surface area contributed by atoms with Gasteiger partial charge in [-0.25, -0.2) is 4.39 Å². The molecule has 1 aromatic heterocycles. The highest BCUT2D eigenvalue weighted by molar-refractivity contribution is 5.91. The third-order valence-electron chi connectivity index (χ3n) is 6.54. The van der Waals surface area contributed by atoms with Crippen LogP contribution in [0.25, 0.3) is 0 Å². The maximum absolute atomic E-state index is 13.3. The van der Waals surface area contributed by atoms with Crippen molar-refractivity contribution in [2.45, 2.75) is 18.9 Å². The number of quaternary nitrogens is 2. The molecule has 1 unspecified atom stereocenters. The molecule has 2 aliphatic rings. The van der Waals surface area contributed by atoms with Gasteiger partial charge >= 0.3 is 0 Å². The summed E-state index contributed by atoms with van der Waals surface area (Å²) in [6.45, 7) is 4.73. The number of carbonyl (C=O) groups excluding carboxylic acids is 2. The molecule has 1 aromatic carbocycles. The average molecular weight is 430 g/mol. The number of aromatic nitrogens is 1. The lowest BCUT2D eigenvalue weighted by Gasteiger charge is -2.32. The maximum Gasteiger partial charge on any atom is 0.279 e. The highest BCUT2D eigenvalue weighted by Crippen LogP contribution is 2.19. The van der Waals surface area contributed by atoms with Crippen molar-refractivity contribution in [1.82, 2.24) is 9.47 Å². The Kier molecular flexibility index (Phi) is 6.67. The zero-order valence-corrected chi connectivity index (χ0v) is 18.1. The Labute approximate surface area is 182 Å². The molecular formula is C23H32FN5O2+2. The van der Waals surface area contributed by atoms with Gasteiger partial charge in [-0.1, -0.05) is 6.07 Å². The monoisotopic (exact) mass is 429 g/mol. The van der Waals surface area contributed by atoms with Crippen LogP contribution in [0.15, 0.2) is 42.6 Å². The number of benzene rings is 1. The molecule has 0 aliphatic carbocycles. The number of likely N-dealkylation sites (tertiary alicyclic amines) is 1. The molecule has 2 amide bonds. The van der Waals surface area contributed by atoms with Crippen LogP contribution in [0.4, 0.5) is 10.1 Å². The molecule has 0 bridgehead atoms. The summed E-state index contributed by atoms with van der Waals surface area (Å²) >= 11 is 0. The second-order valence-corrected chi connectivity index (χ2v) is 8.69. The van der Waals surface area contributed by atoms with E-state index in [1.807, 2.05) is 4.90 Å². The van der Waals surface area contributed by atoms with Crippen LogP contribution in [0.2, 0.25) is 0 Å². The molecule has 2 aromatic rings. The van der Waals surface area contributed by atoms with Gasteiger partial charge in [0.15, 0.2) is 13.1 Å². The van der Waals surface area contributed by atoms with Crippen LogP contribution < -0.4 is 15.1 Å².